The first-order valence-corrected chi connectivity index (χ1v) is 8.51. The smallest absolute Gasteiger partial charge is 0.344 e. The van der Waals surface area contributed by atoms with Gasteiger partial charge in [0.25, 0.3) is 11.8 Å². The van der Waals surface area contributed by atoms with Gasteiger partial charge in [0.2, 0.25) is 0 Å². The Morgan fingerprint density at radius 1 is 1.07 bits per heavy atom. The number of hydrogen-bond donors (Lipinski definition) is 2. The first-order chi connectivity index (χ1) is 12.8. The van der Waals surface area contributed by atoms with Crippen LogP contribution >= 0.6 is 23.2 Å². The lowest BCUT2D eigenvalue weighted by molar-refractivity contribution is -0.155. The maximum absolute atomic E-state index is 12.2. The van der Waals surface area contributed by atoms with Gasteiger partial charge in [-0.05, 0) is 31.2 Å². The van der Waals surface area contributed by atoms with Crippen LogP contribution in [0.3, 0.4) is 0 Å². The van der Waals surface area contributed by atoms with Crippen LogP contribution in [0.1, 0.15) is 17.3 Å². The number of amides is 2. The highest BCUT2D eigenvalue weighted by Gasteiger charge is 2.20. The number of hydrogen-bond acceptors (Lipinski definition) is 5. The normalized spacial score (nSPS) is 11.4. The minimum Gasteiger partial charge on any atom is -0.481 e. The highest BCUT2D eigenvalue weighted by Crippen LogP contribution is 2.29. The van der Waals surface area contributed by atoms with Gasteiger partial charge in [-0.1, -0.05) is 41.4 Å². The lowest BCUT2D eigenvalue weighted by Crippen LogP contribution is -2.32. The molecule has 9 heteroatoms. The van der Waals surface area contributed by atoms with Crippen LogP contribution in [0.5, 0.6) is 5.75 Å². The minimum atomic E-state index is -1.13. The molecular formula is C18H16Cl2N2O5. The number of rotatable bonds is 7. The number of nitrogens with one attached hydrogen (secondary N) is 1. The van der Waals surface area contributed by atoms with E-state index in [1.54, 1.807) is 30.3 Å². The van der Waals surface area contributed by atoms with Gasteiger partial charge in [-0.2, -0.15) is 0 Å². The van der Waals surface area contributed by atoms with Gasteiger partial charge in [0, 0.05) is 0 Å². The molecule has 3 N–H and O–H groups in total. The van der Waals surface area contributed by atoms with Crippen molar-refractivity contribution in [3.8, 4) is 5.75 Å². The summed E-state index contributed by atoms with van der Waals surface area (Å²) in [5, 5.41) is 3.00. The van der Waals surface area contributed by atoms with Crippen molar-refractivity contribution >= 4 is 46.7 Å². The summed E-state index contributed by atoms with van der Waals surface area (Å²) >= 11 is 12.0. The second-order valence-corrected chi connectivity index (χ2v) is 6.18. The second kappa shape index (κ2) is 9.25. The van der Waals surface area contributed by atoms with E-state index < -0.39 is 30.5 Å². The van der Waals surface area contributed by atoms with Crippen LogP contribution in [-0.4, -0.2) is 30.5 Å². The van der Waals surface area contributed by atoms with Crippen LogP contribution in [-0.2, 0) is 14.3 Å². The third-order valence-electron chi connectivity index (χ3n) is 3.39. The number of halogens is 2. The molecule has 2 rings (SSSR count). The Labute approximate surface area is 165 Å². The number of primary amides is 1. The summed E-state index contributed by atoms with van der Waals surface area (Å²) in [6, 6.07) is 10.9. The first-order valence-electron chi connectivity index (χ1n) is 7.75. The van der Waals surface area contributed by atoms with Crippen molar-refractivity contribution in [3.63, 3.8) is 0 Å². The van der Waals surface area contributed by atoms with E-state index in [0.717, 1.165) is 0 Å². The van der Waals surface area contributed by atoms with E-state index in [1.165, 1.54) is 19.1 Å². The van der Waals surface area contributed by atoms with Gasteiger partial charge < -0.3 is 20.5 Å². The molecule has 0 unspecified atom stereocenters. The fourth-order valence-corrected chi connectivity index (χ4v) is 2.55. The summed E-state index contributed by atoms with van der Waals surface area (Å²) in [4.78, 5) is 35.4. The molecule has 7 nitrogen and oxygen atoms in total. The van der Waals surface area contributed by atoms with Crippen LogP contribution in [0.15, 0.2) is 42.5 Å². The van der Waals surface area contributed by atoms with E-state index in [2.05, 4.69) is 5.32 Å². The predicted molar refractivity (Wildman–Crippen MR) is 101 cm³/mol. The average Bonchev–Trinajstić information content (AvgIpc) is 2.63. The maximum atomic E-state index is 12.2. The highest BCUT2D eigenvalue weighted by molar-refractivity contribution is 6.39. The number of carbonyl (C=O) groups is 3. The van der Waals surface area contributed by atoms with Gasteiger partial charge in [-0.3, -0.25) is 9.59 Å². The summed E-state index contributed by atoms with van der Waals surface area (Å²) < 4.78 is 10.3. The van der Waals surface area contributed by atoms with Crippen LogP contribution in [0.25, 0.3) is 0 Å². The maximum Gasteiger partial charge on any atom is 0.344 e. The number of ether oxygens (including phenoxy) is 2. The molecule has 142 valence electrons. The molecule has 2 amide bonds. The molecule has 0 aromatic heterocycles. The zero-order valence-electron chi connectivity index (χ0n) is 14.2. The number of para-hydroxylation sites is 2. The standard InChI is InChI=1S/C18H16Cl2N2O5/c1-10(18(25)22-16-12(19)6-4-7-13(16)20)27-15(23)9-26-14-8-3-2-5-11(14)17(21)24/h2-8,10H,9H2,1H3,(H2,21,24)(H,22,25)/t10-/m0/s1. The number of anilines is 1. The Morgan fingerprint density at radius 2 is 1.70 bits per heavy atom. The Bertz CT molecular complexity index is 852. The molecule has 1 atom stereocenters. The zero-order valence-corrected chi connectivity index (χ0v) is 15.7. The Hall–Kier alpha value is -2.77. The van der Waals surface area contributed by atoms with Crippen molar-refractivity contribution in [1.29, 1.82) is 0 Å². The first kappa shape index (κ1) is 20.5. The third-order valence-corrected chi connectivity index (χ3v) is 4.02. The molecule has 0 spiro atoms. The lowest BCUT2D eigenvalue weighted by atomic mass is 10.2. The van der Waals surface area contributed by atoms with Crippen molar-refractivity contribution in [2.45, 2.75) is 13.0 Å². The average molecular weight is 411 g/mol. The molecular weight excluding hydrogens is 395 g/mol. The van der Waals surface area contributed by atoms with E-state index in [1.807, 2.05) is 0 Å². The van der Waals surface area contributed by atoms with Crippen LogP contribution in [0, 0.1) is 0 Å². The molecule has 0 aliphatic heterocycles. The van der Waals surface area contributed by atoms with E-state index in [-0.39, 0.29) is 27.0 Å². The molecule has 27 heavy (non-hydrogen) atoms. The lowest BCUT2D eigenvalue weighted by Gasteiger charge is -2.15. The monoisotopic (exact) mass is 410 g/mol. The molecule has 0 aliphatic carbocycles. The van der Waals surface area contributed by atoms with Gasteiger partial charge in [0.05, 0.1) is 21.3 Å². The fraction of sp³-hybridized carbons (Fsp3) is 0.167. The van der Waals surface area contributed by atoms with Crippen molar-refractivity contribution in [3.05, 3.63) is 58.1 Å². The molecule has 0 heterocycles. The van der Waals surface area contributed by atoms with Crippen molar-refractivity contribution < 1.29 is 23.9 Å². The van der Waals surface area contributed by atoms with Crippen molar-refractivity contribution in [2.24, 2.45) is 5.73 Å². The molecule has 0 radical (unpaired) electrons. The van der Waals surface area contributed by atoms with E-state index in [4.69, 9.17) is 38.4 Å². The van der Waals surface area contributed by atoms with E-state index >= 15 is 0 Å². The SMILES string of the molecule is C[C@H](OC(=O)COc1ccccc1C(N)=O)C(=O)Nc1c(Cl)cccc1Cl. The van der Waals surface area contributed by atoms with E-state index in [9.17, 15) is 14.4 Å². The Kier molecular flexibility index (Phi) is 7.04. The topological polar surface area (TPSA) is 108 Å². The van der Waals surface area contributed by atoms with Crippen LogP contribution in [0.4, 0.5) is 5.69 Å². The Morgan fingerprint density at radius 3 is 2.33 bits per heavy atom. The van der Waals surface area contributed by atoms with Gasteiger partial charge in [-0.25, -0.2) is 4.79 Å². The Balaban J connectivity index is 1.92. The molecule has 0 fully saturated rings. The number of nitrogens with two attached hydrogens (primary N) is 1. The molecule has 0 aliphatic rings. The van der Waals surface area contributed by atoms with Crippen molar-refractivity contribution in [2.75, 3.05) is 11.9 Å². The second-order valence-electron chi connectivity index (χ2n) is 5.37. The zero-order chi connectivity index (χ0) is 20.0. The van der Waals surface area contributed by atoms with Gasteiger partial charge in [-0.15, -0.1) is 0 Å². The molecule has 0 saturated heterocycles. The number of benzene rings is 2. The van der Waals surface area contributed by atoms with Gasteiger partial charge in [0.15, 0.2) is 12.7 Å². The van der Waals surface area contributed by atoms with Crippen LogP contribution in [0.2, 0.25) is 10.0 Å². The summed E-state index contributed by atoms with van der Waals surface area (Å²) in [5.74, 6) is -1.97. The molecule has 2 aromatic rings. The minimum absolute atomic E-state index is 0.129. The fourth-order valence-electron chi connectivity index (χ4n) is 2.06. The van der Waals surface area contributed by atoms with Gasteiger partial charge in [0.1, 0.15) is 5.75 Å². The number of carbonyl (C=O) groups excluding carboxylic acids is 3. The largest absolute Gasteiger partial charge is 0.481 e. The summed E-state index contributed by atoms with van der Waals surface area (Å²) in [6.07, 6.45) is -1.13. The number of esters is 1. The third kappa shape index (κ3) is 5.60. The molecule has 0 saturated carbocycles. The van der Waals surface area contributed by atoms with Crippen molar-refractivity contribution in [1.82, 2.24) is 0 Å². The summed E-state index contributed by atoms with van der Waals surface area (Å²) in [6.45, 7) is 0.879. The van der Waals surface area contributed by atoms with Crippen LogP contribution < -0.4 is 15.8 Å². The predicted octanol–water partition coefficient (Wildman–Crippen LogP) is 3.04. The summed E-state index contributed by atoms with van der Waals surface area (Å²) in [7, 11) is 0. The van der Waals surface area contributed by atoms with E-state index in [0.29, 0.717) is 0 Å². The summed E-state index contributed by atoms with van der Waals surface area (Å²) in [5.41, 5.74) is 5.58. The quantitative estimate of drug-likeness (QED) is 0.681. The highest BCUT2D eigenvalue weighted by atomic mass is 35.5. The molecule has 0 bridgehead atoms. The van der Waals surface area contributed by atoms with Gasteiger partial charge >= 0.3 is 5.97 Å². The molecule has 2 aromatic carbocycles.